The van der Waals surface area contributed by atoms with Crippen LogP contribution in [0.1, 0.15) is 43.5 Å². The Morgan fingerprint density at radius 2 is 1.73 bits per heavy atom. The molecule has 0 atom stereocenters. The Labute approximate surface area is 92.8 Å². The van der Waals surface area contributed by atoms with Crippen LogP contribution in [0, 0.1) is 13.8 Å². The van der Waals surface area contributed by atoms with Crippen LogP contribution in [-0.2, 0) is 0 Å². The maximum atomic E-state index is 4.29. The lowest BCUT2D eigenvalue weighted by Gasteiger charge is -2.04. The monoisotopic (exact) mass is 204 g/mol. The lowest BCUT2D eigenvalue weighted by Crippen LogP contribution is -1.98. The van der Waals surface area contributed by atoms with Crippen molar-refractivity contribution < 1.29 is 0 Å². The van der Waals surface area contributed by atoms with Crippen LogP contribution in [0.15, 0.2) is 12.7 Å². The normalized spacial score (nSPS) is 9.67. The molecular formula is C13H20N2. The van der Waals surface area contributed by atoms with Gasteiger partial charge in [0.1, 0.15) is 5.82 Å². The van der Waals surface area contributed by atoms with Crippen LogP contribution in [0.25, 0.3) is 12.2 Å². The lowest BCUT2D eigenvalue weighted by molar-refractivity contribution is 0.995. The van der Waals surface area contributed by atoms with Crippen LogP contribution in [0.5, 0.6) is 0 Å². The molecule has 0 fully saturated rings. The highest BCUT2D eigenvalue weighted by molar-refractivity contribution is 5.62. The van der Waals surface area contributed by atoms with Gasteiger partial charge >= 0.3 is 0 Å². The van der Waals surface area contributed by atoms with E-state index in [-0.39, 0.29) is 0 Å². The van der Waals surface area contributed by atoms with Gasteiger partial charge in [-0.3, -0.25) is 0 Å². The fourth-order valence-electron chi connectivity index (χ4n) is 1.28. The van der Waals surface area contributed by atoms with E-state index in [1.807, 2.05) is 46.8 Å². The Balaban J connectivity index is 0.000000921. The van der Waals surface area contributed by atoms with E-state index < -0.39 is 0 Å². The number of hydrogen-bond donors (Lipinski definition) is 0. The van der Waals surface area contributed by atoms with Crippen molar-refractivity contribution in [3.63, 3.8) is 0 Å². The molecule has 2 heteroatoms. The van der Waals surface area contributed by atoms with Gasteiger partial charge in [-0.2, -0.15) is 0 Å². The summed E-state index contributed by atoms with van der Waals surface area (Å²) in [5.74, 6) is 0.792. The molecule has 15 heavy (non-hydrogen) atoms. The molecule has 0 aliphatic rings. The number of hydrogen-bond acceptors (Lipinski definition) is 2. The fraction of sp³-hybridized carbons (Fsp3) is 0.385. The topological polar surface area (TPSA) is 25.8 Å². The average molecular weight is 204 g/mol. The second-order valence-corrected chi connectivity index (χ2v) is 2.86. The van der Waals surface area contributed by atoms with Gasteiger partial charge in [0.05, 0.1) is 5.69 Å². The van der Waals surface area contributed by atoms with Gasteiger partial charge < -0.3 is 0 Å². The lowest BCUT2D eigenvalue weighted by atomic mass is 10.1. The van der Waals surface area contributed by atoms with Crippen molar-refractivity contribution in [2.45, 2.75) is 34.6 Å². The first-order valence-corrected chi connectivity index (χ1v) is 5.29. The van der Waals surface area contributed by atoms with Crippen LogP contribution >= 0.6 is 0 Å². The van der Waals surface area contributed by atoms with Gasteiger partial charge in [-0.1, -0.05) is 32.6 Å². The van der Waals surface area contributed by atoms with Crippen LogP contribution in [0.4, 0.5) is 0 Å². The van der Waals surface area contributed by atoms with Gasteiger partial charge in [-0.15, -0.1) is 0 Å². The number of aryl methyl sites for hydroxylation is 2. The summed E-state index contributed by atoms with van der Waals surface area (Å²) in [6.45, 7) is 13.6. The molecule has 1 heterocycles. The average Bonchev–Trinajstić information content (AvgIpc) is 2.24. The molecule has 82 valence electrons. The number of rotatable bonds is 2. The van der Waals surface area contributed by atoms with Crippen molar-refractivity contribution in [1.29, 1.82) is 0 Å². The maximum absolute atomic E-state index is 4.29. The van der Waals surface area contributed by atoms with Crippen molar-refractivity contribution in [1.82, 2.24) is 9.97 Å². The van der Waals surface area contributed by atoms with E-state index in [4.69, 9.17) is 0 Å². The van der Waals surface area contributed by atoms with E-state index in [1.54, 1.807) is 6.08 Å². The largest absolute Gasteiger partial charge is 0.238 e. The zero-order chi connectivity index (χ0) is 11.8. The third-order valence-corrected chi connectivity index (χ3v) is 1.80. The molecule has 0 saturated carbocycles. The summed E-state index contributed by atoms with van der Waals surface area (Å²) in [5.41, 5.74) is 2.96. The maximum Gasteiger partial charge on any atom is 0.126 e. The summed E-state index contributed by atoms with van der Waals surface area (Å²) in [6, 6.07) is 0. The summed E-state index contributed by atoms with van der Waals surface area (Å²) in [5, 5.41) is 0. The summed E-state index contributed by atoms with van der Waals surface area (Å²) in [4.78, 5) is 8.58. The predicted octanol–water partition coefficient (Wildman–Crippen LogP) is 3.80. The Morgan fingerprint density at radius 3 is 2.20 bits per heavy atom. The minimum absolute atomic E-state index is 0.792. The Bertz CT molecular complexity index is 352. The number of nitrogens with zero attached hydrogens (tertiary/aromatic N) is 2. The number of aromatic nitrogens is 2. The van der Waals surface area contributed by atoms with E-state index in [2.05, 4.69) is 16.5 Å². The summed E-state index contributed by atoms with van der Waals surface area (Å²) < 4.78 is 0. The van der Waals surface area contributed by atoms with Gasteiger partial charge in [-0.05, 0) is 26.8 Å². The van der Waals surface area contributed by atoms with Crippen LogP contribution in [-0.4, -0.2) is 9.97 Å². The molecule has 0 aliphatic heterocycles. The molecule has 0 radical (unpaired) electrons. The summed E-state index contributed by atoms with van der Waals surface area (Å²) in [7, 11) is 0. The second-order valence-electron chi connectivity index (χ2n) is 2.86. The van der Waals surface area contributed by atoms with Gasteiger partial charge in [0.15, 0.2) is 0 Å². The molecule has 1 aromatic heterocycles. The first-order valence-electron chi connectivity index (χ1n) is 5.29. The Hall–Kier alpha value is -1.44. The van der Waals surface area contributed by atoms with Crippen molar-refractivity contribution >= 4 is 12.2 Å². The molecule has 0 aromatic carbocycles. The SMILES string of the molecule is C=Cc1nc(C)nc(C)c1/C=C\C.CC. The summed E-state index contributed by atoms with van der Waals surface area (Å²) >= 11 is 0. The predicted molar refractivity (Wildman–Crippen MR) is 67.7 cm³/mol. The van der Waals surface area contributed by atoms with E-state index in [9.17, 15) is 0 Å². The molecule has 1 rings (SSSR count). The smallest absolute Gasteiger partial charge is 0.126 e. The standard InChI is InChI=1S/C11H14N2.C2H6/c1-5-7-10-8(3)12-9(4)13-11(10)6-2;1-2/h5-7H,2H2,1,3-4H3;1-2H3/b7-5-;. The van der Waals surface area contributed by atoms with Crippen molar-refractivity contribution in [3.05, 3.63) is 35.4 Å². The van der Waals surface area contributed by atoms with Crippen LogP contribution in [0.2, 0.25) is 0 Å². The Kier molecular flexibility index (Phi) is 6.27. The van der Waals surface area contributed by atoms with Crippen LogP contribution in [0.3, 0.4) is 0 Å². The Morgan fingerprint density at radius 1 is 1.13 bits per heavy atom. The minimum atomic E-state index is 0.792. The van der Waals surface area contributed by atoms with Gasteiger partial charge in [0.25, 0.3) is 0 Å². The zero-order valence-electron chi connectivity index (χ0n) is 10.3. The molecular weight excluding hydrogens is 184 g/mol. The van der Waals surface area contributed by atoms with Gasteiger partial charge in [-0.25, -0.2) is 9.97 Å². The van der Waals surface area contributed by atoms with Crippen LogP contribution < -0.4 is 0 Å². The molecule has 0 unspecified atom stereocenters. The molecule has 0 aliphatic carbocycles. The summed E-state index contributed by atoms with van der Waals surface area (Å²) in [6.07, 6.45) is 5.75. The number of allylic oxidation sites excluding steroid dienone is 1. The molecule has 0 saturated heterocycles. The molecule has 0 N–H and O–H groups in total. The highest BCUT2D eigenvalue weighted by Gasteiger charge is 2.03. The highest BCUT2D eigenvalue weighted by Crippen LogP contribution is 2.13. The molecule has 2 nitrogen and oxygen atoms in total. The second kappa shape index (κ2) is 6.93. The first kappa shape index (κ1) is 13.6. The molecule has 1 aromatic rings. The molecule has 0 amide bonds. The van der Waals surface area contributed by atoms with Crippen molar-refractivity contribution in [2.24, 2.45) is 0 Å². The minimum Gasteiger partial charge on any atom is -0.238 e. The van der Waals surface area contributed by atoms with E-state index in [1.165, 1.54) is 0 Å². The van der Waals surface area contributed by atoms with Crippen molar-refractivity contribution in [2.75, 3.05) is 0 Å². The molecule has 0 spiro atoms. The highest BCUT2D eigenvalue weighted by atomic mass is 14.9. The van der Waals surface area contributed by atoms with E-state index in [0.717, 1.165) is 22.8 Å². The van der Waals surface area contributed by atoms with Gasteiger partial charge in [0.2, 0.25) is 0 Å². The zero-order valence-corrected chi connectivity index (χ0v) is 10.3. The van der Waals surface area contributed by atoms with Crippen molar-refractivity contribution in [3.8, 4) is 0 Å². The van der Waals surface area contributed by atoms with Gasteiger partial charge in [0, 0.05) is 11.3 Å². The third-order valence-electron chi connectivity index (χ3n) is 1.80. The van der Waals surface area contributed by atoms with E-state index >= 15 is 0 Å². The molecule has 0 bridgehead atoms. The quantitative estimate of drug-likeness (QED) is 0.732. The third kappa shape index (κ3) is 3.66. The first-order chi connectivity index (χ1) is 7.19. The van der Waals surface area contributed by atoms with E-state index in [0.29, 0.717) is 0 Å². The fourth-order valence-corrected chi connectivity index (χ4v) is 1.28.